The molecule has 1 atom stereocenters. The fraction of sp³-hybridized carbons (Fsp3) is 0.222. The number of carbonyl (C=O) groups excluding carboxylic acids is 2. The topological polar surface area (TPSA) is 113 Å². The molecule has 0 aliphatic carbocycles. The summed E-state index contributed by atoms with van der Waals surface area (Å²) in [7, 11) is 1.28. The molecule has 0 saturated heterocycles. The minimum absolute atomic E-state index is 0.246. The summed E-state index contributed by atoms with van der Waals surface area (Å²) in [5.41, 5.74) is 3.07. The van der Waals surface area contributed by atoms with E-state index in [9.17, 15) is 9.59 Å². The smallest absolute Gasteiger partial charge is 0.328 e. The lowest BCUT2D eigenvalue weighted by molar-refractivity contribution is -0.142. The lowest BCUT2D eigenvalue weighted by Gasteiger charge is -2.16. The van der Waals surface area contributed by atoms with Crippen molar-refractivity contribution in [1.29, 1.82) is 0 Å². The van der Waals surface area contributed by atoms with Crippen molar-refractivity contribution in [3.05, 3.63) is 59.8 Å². The van der Waals surface area contributed by atoms with Crippen molar-refractivity contribution in [1.82, 2.24) is 25.5 Å². The Labute approximate surface area is 150 Å². The summed E-state index contributed by atoms with van der Waals surface area (Å²) in [6.07, 6.45) is 3.36. The molecule has 3 rings (SSSR count). The van der Waals surface area contributed by atoms with Crippen LogP contribution in [-0.4, -0.2) is 45.2 Å². The normalized spacial score (nSPS) is 11.8. The van der Waals surface area contributed by atoms with E-state index in [0.717, 1.165) is 5.56 Å². The van der Waals surface area contributed by atoms with Crippen molar-refractivity contribution < 1.29 is 14.3 Å². The van der Waals surface area contributed by atoms with Gasteiger partial charge in [-0.15, -0.1) is 0 Å². The van der Waals surface area contributed by atoms with Gasteiger partial charge in [-0.25, -0.2) is 9.78 Å². The molecule has 0 radical (unpaired) electrons. The lowest BCUT2D eigenvalue weighted by Crippen LogP contribution is -2.43. The van der Waals surface area contributed by atoms with Crippen molar-refractivity contribution in [3.8, 4) is 11.3 Å². The van der Waals surface area contributed by atoms with Gasteiger partial charge in [0.25, 0.3) is 5.91 Å². The molecule has 2 heterocycles. The molecule has 0 fully saturated rings. The number of aromatic amines is 2. The van der Waals surface area contributed by atoms with E-state index in [1.54, 1.807) is 13.1 Å². The number of aryl methyl sites for hydroxylation is 1. The summed E-state index contributed by atoms with van der Waals surface area (Å²) in [6.45, 7) is 1.76. The number of rotatable bonds is 6. The average Bonchev–Trinajstić information content (AvgIpc) is 3.30. The molecule has 3 aromatic rings. The van der Waals surface area contributed by atoms with Gasteiger partial charge in [-0.05, 0) is 6.92 Å². The number of benzene rings is 1. The Kier molecular flexibility index (Phi) is 5.12. The summed E-state index contributed by atoms with van der Waals surface area (Å²) in [5, 5.41) is 9.81. The van der Waals surface area contributed by atoms with Gasteiger partial charge in [0.2, 0.25) is 0 Å². The zero-order chi connectivity index (χ0) is 18.5. The van der Waals surface area contributed by atoms with Crippen LogP contribution in [0.1, 0.15) is 21.7 Å². The van der Waals surface area contributed by atoms with Crippen molar-refractivity contribution in [2.75, 3.05) is 7.11 Å². The van der Waals surface area contributed by atoms with Gasteiger partial charge >= 0.3 is 5.97 Å². The zero-order valence-corrected chi connectivity index (χ0v) is 14.4. The van der Waals surface area contributed by atoms with E-state index in [4.69, 9.17) is 4.74 Å². The van der Waals surface area contributed by atoms with Gasteiger partial charge in [-0.3, -0.25) is 9.89 Å². The molecule has 0 bridgehead atoms. The summed E-state index contributed by atoms with van der Waals surface area (Å²) in [6, 6.07) is 8.53. The van der Waals surface area contributed by atoms with Crippen LogP contribution in [0.15, 0.2) is 42.9 Å². The molecule has 0 unspecified atom stereocenters. The highest BCUT2D eigenvalue weighted by Gasteiger charge is 2.26. The van der Waals surface area contributed by atoms with Gasteiger partial charge in [0.1, 0.15) is 11.7 Å². The van der Waals surface area contributed by atoms with E-state index in [0.29, 0.717) is 22.6 Å². The Morgan fingerprint density at radius 3 is 2.69 bits per heavy atom. The van der Waals surface area contributed by atoms with E-state index >= 15 is 0 Å². The maximum atomic E-state index is 12.9. The van der Waals surface area contributed by atoms with Crippen LogP contribution >= 0.6 is 0 Å². The van der Waals surface area contributed by atoms with E-state index in [-0.39, 0.29) is 6.42 Å². The summed E-state index contributed by atoms with van der Waals surface area (Å²) in [4.78, 5) is 31.8. The SMILES string of the molecule is COC(=O)[C@H](Cc1cnc[nH]1)NC(=O)c1c(-c2ccccc2)n[nH]c1C. The van der Waals surface area contributed by atoms with E-state index < -0.39 is 17.9 Å². The maximum Gasteiger partial charge on any atom is 0.328 e. The van der Waals surface area contributed by atoms with E-state index in [1.165, 1.54) is 13.4 Å². The number of nitrogens with one attached hydrogen (secondary N) is 3. The minimum Gasteiger partial charge on any atom is -0.467 e. The summed E-state index contributed by atoms with van der Waals surface area (Å²) < 4.78 is 4.81. The molecule has 0 saturated carbocycles. The highest BCUT2D eigenvalue weighted by Crippen LogP contribution is 2.23. The summed E-state index contributed by atoms with van der Waals surface area (Å²) >= 11 is 0. The largest absolute Gasteiger partial charge is 0.467 e. The Hall–Kier alpha value is -3.42. The Morgan fingerprint density at radius 1 is 1.27 bits per heavy atom. The van der Waals surface area contributed by atoms with Crippen LogP contribution in [0, 0.1) is 6.92 Å². The molecule has 0 aliphatic rings. The standard InChI is InChI=1S/C18H19N5O3/c1-11-15(16(23-22-11)12-6-4-3-5-7-12)17(24)21-14(18(25)26-2)8-13-9-19-10-20-13/h3-7,9-10,14H,8H2,1-2H3,(H,19,20)(H,21,24)(H,22,23)/t14-/m0/s1. The number of methoxy groups -OCH3 is 1. The number of carbonyl (C=O) groups is 2. The third-order valence-corrected chi connectivity index (χ3v) is 3.99. The first-order chi connectivity index (χ1) is 12.6. The number of aromatic nitrogens is 4. The predicted molar refractivity (Wildman–Crippen MR) is 94.3 cm³/mol. The molecular formula is C18H19N5O3. The van der Waals surface area contributed by atoms with Crippen molar-refractivity contribution in [3.63, 3.8) is 0 Å². The first-order valence-corrected chi connectivity index (χ1v) is 8.06. The van der Waals surface area contributed by atoms with Crippen LogP contribution in [-0.2, 0) is 16.0 Å². The third-order valence-electron chi connectivity index (χ3n) is 3.99. The first kappa shape index (κ1) is 17.4. The Balaban J connectivity index is 1.86. The van der Waals surface area contributed by atoms with E-state index in [2.05, 4.69) is 25.5 Å². The van der Waals surface area contributed by atoms with E-state index in [1.807, 2.05) is 30.3 Å². The van der Waals surface area contributed by atoms with Gasteiger partial charge in [0.15, 0.2) is 0 Å². The molecule has 1 aromatic carbocycles. The molecule has 8 nitrogen and oxygen atoms in total. The van der Waals surface area contributed by atoms with Gasteiger partial charge < -0.3 is 15.0 Å². The maximum absolute atomic E-state index is 12.9. The predicted octanol–water partition coefficient (Wildman–Crippen LogP) is 1.62. The fourth-order valence-corrected chi connectivity index (χ4v) is 2.69. The van der Waals surface area contributed by atoms with Crippen LogP contribution in [0.2, 0.25) is 0 Å². The minimum atomic E-state index is -0.842. The fourth-order valence-electron chi connectivity index (χ4n) is 2.69. The summed E-state index contributed by atoms with van der Waals surface area (Å²) in [5.74, 6) is -0.930. The van der Waals surface area contributed by atoms with Crippen molar-refractivity contribution >= 4 is 11.9 Å². The van der Waals surface area contributed by atoms with Crippen LogP contribution in [0.5, 0.6) is 0 Å². The van der Waals surface area contributed by atoms with Crippen LogP contribution < -0.4 is 5.32 Å². The molecule has 3 N–H and O–H groups in total. The molecule has 0 aliphatic heterocycles. The van der Waals surface area contributed by atoms with Crippen LogP contribution in [0.25, 0.3) is 11.3 Å². The highest BCUT2D eigenvalue weighted by atomic mass is 16.5. The van der Waals surface area contributed by atoms with Crippen molar-refractivity contribution in [2.45, 2.75) is 19.4 Å². The number of imidazole rings is 1. The average molecular weight is 353 g/mol. The number of hydrogen-bond donors (Lipinski definition) is 3. The highest BCUT2D eigenvalue weighted by molar-refractivity contribution is 6.02. The molecule has 134 valence electrons. The van der Waals surface area contributed by atoms with Crippen LogP contribution in [0.4, 0.5) is 0 Å². The second kappa shape index (κ2) is 7.64. The first-order valence-electron chi connectivity index (χ1n) is 8.06. The number of H-pyrrole nitrogens is 2. The molecular weight excluding hydrogens is 334 g/mol. The quantitative estimate of drug-likeness (QED) is 0.583. The van der Waals surface area contributed by atoms with Gasteiger partial charge in [0.05, 0.1) is 19.0 Å². The molecule has 26 heavy (non-hydrogen) atoms. The van der Waals surface area contributed by atoms with Gasteiger partial charge in [-0.2, -0.15) is 5.10 Å². The second-order valence-electron chi connectivity index (χ2n) is 5.77. The second-order valence-corrected chi connectivity index (χ2v) is 5.77. The van der Waals surface area contributed by atoms with Crippen molar-refractivity contribution in [2.24, 2.45) is 0 Å². The number of ether oxygens (including phenoxy) is 1. The van der Waals surface area contributed by atoms with Gasteiger partial charge in [-0.1, -0.05) is 30.3 Å². The number of hydrogen-bond acceptors (Lipinski definition) is 5. The Bertz CT molecular complexity index is 887. The molecule has 8 heteroatoms. The number of esters is 1. The molecule has 2 aromatic heterocycles. The van der Waals surface area contributed by atoms with Gasteiger partial charge in [0, 0.05) is 29.6 Å². The number of amides is 1. The number of nitrogens with zero attached hydrogens (tertiary/aromatic N) is 2. The molecule has 1 amide bonds. The lowest BCUT2D eigenvalue weighted by atomic mass is 10.0. The molecule has 0 spiro atoms. The Morgan fingerprint density at radius 2 is 2.04 bits per heavy atom. The third kappa shape index (κ3) is 3.64. The van der Waals surface area contributed by atoms with Crippen LogP contribution in [0.3, 0.4) is 0 Å². The monoisotopic (exact) mass is 353 g/mol. The zero-order valence-electron chi connectivity index (χ0n) is 14.4.